The standard InChI is InChI=1S/C83H136O17P2/c1-5-9-13-17-21-25-29-32-35-37-38-40-43-45-49-52-56-60-64-68-80(85)93-73-78(99-82(87)69-65-61-57-53-47-28-24-20-16-12-8-4)75-97-101(89,90)95-71-77(84)72-96-102(91,92)98-76-79(100-83(88)70-66-62-58-54-50-46-41-34-31-27-23-19-15-11-7-3)74-94-81(86)67-63-59-55-51-48-44-42-39-36-33-30-26-22-18-14-10-6-2/h9-10,13-14,20-27,32-36,38,40-42,44-45,49,56,60,77-79,84H,5-8,11-12,15-19,28-31,37,39,43,46-48,50-55,57-59,61-76H2,1-4H3,(H,89,90)(H,91,92)/b13-9-,14-10-,24-20-,25-21-,26-22-,27-23-,35-32-,36-33-,40-38-,41-34-,44-42-,49-45-,60-56-. The number of rotatable bonds is 71. The number of carbonyl (C=O) groups excluding carboxylic acids is 4. The highest BCUT2D eigenvalue weighted by atomic mass is 31.2. The van der Waals surface area contributed by atoms with Gasteiger partial charge < -0.3 is 33.8 Å². The highest BCUT2D eigenvalue weighted by Gasteiger charge is 2.30. The molecule has 0 aromatic heterocycles. The van der Waals surface area contributed by atoms with Crippen LogP contribution in [0.3, 0.4) is 0 Å². The van der Waals surface area contributed by atoms with Crippen LogP contribution in [-0.4, -0.2) is 96.7 Å². The normalized spacial score (nSPS) is 14.8. The molecule has 0 heterocycles. The van der Waals surface area contributed by atoms with Gasteiger partial charge in [-0.15, -0.1) is 0 Å². The van der Waals surface area contributed by atoms with Crippen LogP contribution in [0.15, 0.2) is 158 Å². The van der Waals surface area contributed by atoms with Crippen molar-refractivity contribution in [2.24, 2.45) is 0 Å². The van der Waals surface area contributed by atoms with Crippen molar-refractivity contribution < 1.29 is 80.2 Å². The first kappa shape index (κ1) is 96.7. The number of allylic oxidation sites excluding steroid dienone is 26. The number of phosphoric acid groups is 2. The van der Waals surface area contributed by atoms with Gasteiger partial charge in [0.15, 0.2) is 12.2 Å². The van der Waals surface area contributed by atoms with Crippen LogP contribution in [0.4, 0.5) is 0 Å². The third-order valence-corrected chi connectivity index (χ3v) is 17.4. The van der Waals surface area contributed by atoms with Crippen LogP contribution >= 0.6 is 15.6 Å². The molecular weight excluding hydrogens is 1330 g/mol. The summed E-state index contributed by atoms with van der Waals surface area (Å²) in [7, 11) is -9.99. The van der Waals surface area contributed by atoms with Gasteiger partial charge in [-0.1, -0.05) is 263 Å². The third kappa shape index (κ3) is 73.0. The van der Waals surface area contributed by atoms with Crippen LogP contribution in [-0.2, 0) is 65.4 Å². The van der Waals surface area contributed by atoms with Gasteiger partial charge in [-0.05, 0) is 154 Å². The van der Waals surface area contributed by atoms with Crippen molar-refractivity contribution in [2.45, 2.75) is 303 Å². The Hall–Kier alpha value is -5.32. The van der Waals surface area contributed by atoms with Crippen LogP contribution in [0, 0.1) is 0 Å². The van der Waals surface area contributed by atoms with Gasteiger partial charge in [0.1, 0.15) is 19.3 Å². The lowest BCUT2D eigenvalue weighted by Gasteiger charge is -2.21. The summed E-state index contributed by atoms with van der Waals surface area (Å²) in [4.78, 5) is 72.9. The zero-order chi connectivity index (χ0) is 74.6. The van der Waals surface area contributed by atoms with Gasteiger partial charge in [0.2, 0.25) is 0 Å². The van der Waals surface area contributed by atoms with Crippen LogP contribution < -0.4 is 0 Å². The molecule has 19 heteroatoms. The molecule has 0 spiro atoms. The number of aliphatic hydroxyl groups is 1. The number of hydrogen-bond donors (Lipinski definition) is 3. The molecule has 0 saturated heterocycles. The van der Waals surface area contributed by atoms with Gasteiger partial charge >= 0.3 is 39.5 Å². The average Bonchev–Trinajstić information content (AvgIpc) is 0.926. The largest absolute Gasteiger partial charge is 0.472 e. The third-order valence-electron chi connectivity index (χ3n) is 15.5. The molecule has 0 bridgehead atoms. The predicted octanol–water partition coefficient (Wildman–Crippen LogP) is 22.4. The molecule has 0 aliphatic heterocycles. The summed E-state index contributed by atoms with van der Waals surface area (Å²) in [5.74, 6) is -2.34. The SMILES string of the molecule is CC/C=C\C/C=C\C/C=C\C/C=C\C/C=C\C/C=C\CCC(=O)OCC(COP(=O)(O)OCC(O)COP(=O)(O)OCC(COC(=O)CCCCCC/C=C\C/C=C\C/C=C\C/C=C\CC)OC(=O)CCCCCCC/C=C\C/C=C\CCCCC)OC(=O)CCCCCCC/C=C\CCCC. The van der Waals surface area contributed by atoms with Crippen LogP contribution in [0.2, 0.25) is 0 Å². The summed E-state index contributed by atoms with van der Waals surface area (Å²) in [6.07, 6.45) is 85.4. The number of carbonyl (C=O) groups is 4. The van der Waals surface area contributed by atoms with Gasteiger partial charge in [0, 0.05) is 25.7 Å². The second kappa shape index (κ2) is 74.0. The monoisotopic (exact) mass is 1470 g/mol. The maximum absolute atomic E-state index is 13.1. The fourth-order valence-corrected chi connectivity index (χ4v) is 11.2. The lowest BCUT2D eigenvalue weighted by molar-refractivity contribution is -0.161. The molecule has 17 nitrogen and oxygen atoms in total. The molecule has 5 atom stereocenters. The summed E-state index contributed by atoms with van der Waals surface area (Å²) < 4.78 is 68.4. The Morgan fingerprint density at radius 3 is 0.882 bits per heavy atom. The predicted molar refractivity (Wildman–Crippen MR) is 417 cm³/mol. The topological polar surface area (TPSA) is 237 Å². The van der Waals surface area contributed by atoms with Crippen molar-refractivity contribution in [3.05, 3.63) is 158 Å². The van der Waals surface area contributed by atoms with E-state index in [2.05, 4.69) is 167 Å². The molecule has 0 saturated carbocycles. The zero-order valence-electron chi connectivity index (χ0n) is 63.2. The van der Waals surface area contributed by atoms with E-state index in [0.717, 1.165) is 173 Å². The van der Waals surface area contributed by atoms with E-state index >= 15 is 0 Å². The fourth-order valence-electron chi connectivity index (χ4n) is 9.60. The molecule has 0 aromatic carbocycles. The van der Waals surface area contributed by atoms with E-state index in [0.29, 0.717) is 32.1 Å². The molecule has 0 aromatic rings. The zero-order valence-corrected chi connectivity index (χ0v) is 65.0. The number of phosphoric ester groups is 2. The van der Waals surface area contributed by atoms with Crippen molar-refractivity contribution in [3.8, 4) is 0 Å². The van der Waals surface area contributed by atoms with E-state index in [4.69, 9.17) is 37.0 Å². The Kier molecular flexibility index (Phi) is 70.1. The van der Waals surface area contributed by atoms with E-state index < -0.39 is 97.5 Å². The Labute approximate surface area is 617 Å². The summed E-state index contributed by atoms with van der Waals surface area (Å²) in [6.45, 7) is 4.42. The molecule has 0 amide bonds. The van der Waals surface area contributed by atoms with Crippen LogP contribution in [0.25, 0.3) is 0 Å². The van der Waals surface area contributed by atoms with E-state index in [1.165, 1.54) is 25.7 Å². The fraction of sp³-hybridized carbons (Fsp3) is 0.639. The summed E-state index contributed by atoms with van der Waals surface area (Å²) >= 11 is 0. The molecule has 0 radical (unpaired) electrons. The number of aliphatic hydroxyl groups excluding tert-OH is 1. The lowest BCUT2D eigenvalue weighted by Crippen LogP contribution is -2.30. The average molecular weight is 1470 g/mol. The molecule has 580 valence electrons. The highest BCUT2D eigenvalue weighted by molar-refractivity contribution is 7.47. The number of esters is 4. The first-order chi connectivity index (χ1) is 49.7. The van der Waals surface area contributed by atoms with Crippen molar-refractivity contribution in [2.75, 3.05) is 39.6 Å². The minimum Gasteiger partial charge on any atom is -0.462 e. The van der Waals surface area contributed by atoms with Gasteiger partial charge in [-0.3, -0.25) is 37.3 Å². The smallest absolute Gasteiger partial charge is 0.462 e. The molecule has 102 heavy (non-hydrogen) atoms. The number of ether oxygens (including phenoxy) is 4. The minimum atomic E-state index is -5.00. The first-order valence-corrected chi connectivity index (χ1v) is 41.7. The molecule has 0 rings (SSSR count). The molecular formula is C83H136O17P2. The molecule has 0 aliphatic carbocycles. The molecule has 5 unspecified atom stereocenters. The van der Waals surface area contributed by atoms with E-state index in [-0.39, 0.29) is 25.7 Å². The first-order valence-electron chi connectivity index (χ1n) is 38.7. The second-order valence-electron chi connectivity index (χ2n) is 25.2. The van der Waals surface area contributed by atoms with Crippen molar-refractivity contribution in [1.29, 1.82) is 0 Å². The Morgan fingerprint density at radius 1 is 0.284 bits per heavy atom. The highest BCUT2D eigenvalue weighted by Crippen LogP contribution is 2.45. The summed E-state index contributed by atoms with van der Waals surface area (Å²) in [5.41, 5.74) is 0. The summed E-state index contributed by atoms with van der Waals surface area (Å²) in [6, 6.07) is 0. The Bertz CT molecular complexity index is 2550. The minimum absolute atomic E-state index is 0.0296. The van der Waals surface area contributed by atoms with Gasteiger partial charge in [0.05, 0.1) is 26.4 Å². The number of unbranched alkanes of at least 4 members (excludes halogenated alkanes) is 19. The maximum Gasteiger partial charge on any atom is 0.472 e. The van der Waals surface area contributed by atoms with E-state index in [1.807, 2.05) is 18.2 Å². The molecule has 3 N–H and O–H groups in total. The maximum atomic E-state index is 13.1. The van der Waals surface area contributed by atoms with Gasteiger partial charge in [-0.2, -0.15) is 0 Å². The molecule has 0 aliphatic rings. The van der Waals surface area contributed by atoms with Gasteiger partial charge in [0.25, 0.3) is 0 Å². The van der Waals surface area contributed by atoms with Crippen molar-refractivity contribution >= 4 is 39.5 Å². The van der Waals surface area contributed by atoms with E-state index in [1.54, 1.807) is 0 Å². The quantitative estimate of drug-likeness (QED) is 0.0169. The lowest BCUT2D eigenvalue weighted by atomic mass is 10.1. The Balaban J connectivity index is 5.43. The van der Waals surface area contributed by atoms with Crippen molar-refractivity contribution in [1.82, 2.24) is 0 Å². The molecule has 0 fully saturated rings. The second-order valence-corrected chi connectivity index (χ2v) is 28.1. The van der Waals surface area contributed by atoms with E-state index in [9.17, 15) is 43.2 Å². The summed E-state index contributed by atoms with van der Waals surface area (Å²) in [5, 5.41) is 10.6. The van der Waals surface area contributed by atoms with Crippen molar-refractivity contribution in [3.63, 3.8) is 0 Å². The Morgan fingerprint density at radius 2 is 0.539 bits per heavy atom. The van der Waals surface area contributed by atoms with Gasteiger partial charge in [-0.25, -0.2) is 9.13 Å². The van der Waals surface area contributed by atoms with Crippen LogP contribution in [0.1, 0.15) is 285 Å². The van der Waals surface area contributed by atoms with Crippen LogP contribution in [0.5, 0.6) is 0 Å². The number of hydrogen-bond acceptors (Lipinski definition) is 15.